The number of anilines is 2. The number of ketones is 2. The molecule has 27 heteroatoms. The van der Waals surface area contributed by atoms with Crippen molar-refractivity contribution < 1.29 is 83.9 Å². The average molecular weight is 1050 g/mol. The van der Waals surface area contributed by atoms with E-state index in [-0.39, 0.29) is 80.5 Å². The number of rotatable bonds is 35. The van der Waals surface area contributed by atoms with Gasteiger partial charge in [-0.3, -0.25) is 38.4 Å². The van der Waals surface area contributed by atoms with Crippen LogP contribution in [0.5, 0.6) is 0 Å². The van der Waals surface area contributed by atoms with Crippen molar-refractivity contribution in [2.24, 2.45) is 17.8 Å². The molecule has 0 bridgehead atoms. The minimum atomic E-state index is -1.96. The first-order valence-electron chi connectivity index (χ1n) is 22.8. The van der Waals surface area contributed by atoms with E-state index in [1.54, 1.807) is 37.4 Å². The quantitative estimate of drug-likeness (QED) is 0.0156. The number of aliphatic carboxylic acids is 3. The zero-order valence-electron chi connectivity index (χ0n) is 39.3. The smallest absolute Gasteiger partial charge is 0.307 e. The minimum Gasteiger partial charge on any atom is -0.481 e. The number of amides is 2. The van der Waals surface area contributed by atoms with Gasteiger partial charge in [-0.25, -0.2) is 9.97 Å². The van der Waals surface area contributed by atoms with Gasteiger partial charge in [0.25, 0.3) is 0 Å². The average Bonchev–Trinajstić information content (AvgIpc) is 3.34. The van der Waals surface area contributed by atoms with E-state index in [4.69, 9.17) is 26.4 Å². The Kier molecular flexibility index (Phi) is 25.7. The van der Waals surface area contributed by atoms with E-state index in [0.717, 1.165) is 27.2 Å². The summed E-state index contributed by atoms with van der Waals surface area (Å²) >= 11 is 0. The summed E-state index contributed by atoms with van der Waals surface area (Å²) in [6.45, 7) is -0.0328. The van der Waals surface area contributed by atoms with E-state index < -0.39 is 121 Å². The van der Waals surface area contributed by atoms with E-state index in [1.807, 2.05) is 0 Å². The number of fused-ring (bicyclic) bond motifs is 1. The molecule has 72 heavy (non-hydrogen) atoms. The zero-order chi connectivity index (χ0) is 53.5. The van der Waals surface area contributed by atoms with Crippen LogP contribution in [-0.2, 0) is 51.1 Å². The number of aryl methyl sites for hydroxylation is 2. The second kappa shape index (κ2) is 30.7. The van der Waals surface area contributed by atoms with Gasteiger partial charge in [0.05, 0.1) is 42.5 Å². The number of esters is 1. The summed E-state index contributed by atoms with van der Waals surface area (Å²) < 4.78 is 5.21. The number of aliphatic hydroxyl groups excluding tert-OH is 5. The number of carbonyl (C=O) groups excluding carboxylic acids is 5. The molecule has 2 aromatic heterocycles. The molecule has 1 aromatic carbocycles. The van der Waals surface area contributed by atoms with E-state index >= 15 is 0 Å². The molecule has 3 aromatic rings. The predicted octanol–water partition coefficient (Wildman–Crippen LogP) is -0.284. The number of nitrogen functional groups attached to an aromatic ring is 2. The number of aliphatic hydroxyl groups is 5. The Labute approximate surface area is 420 Å². The number of aromatic nitrogens is 4. The SMILES string of the molecule is CC[C@@H](CCC(=O)O)C(=O)N[C@@H](CCC(=O)NC[C@H](O)[C@@H](O)[C@H](O)[C@H](O)CO)C(=O)C[C@@H](CSSCCOC(=O)CC[C@H](CC(=O)c1ccc(CCc2cnc3nc(N)nc(N)c3n2)cc1)C(=O)O)C(=O)O. The summed E-state index contributed by atoms with van der Waals surface area (Å²) in [5.41, 5.74) is 13.9. The van der Waals surface area contributed by atoms with Crippen LogP contribution < -0.4 is 22.1 Å². The Bertz CT molecular complexity index is 2330. The lowest BCUT2D eigenvalue weighted by molar-refractivity contribution is -0.145. The third-order valence-electron chi connectivity index (χ3n) is 11.3. The maximum Gasteiger partial charge on any atom is 0.307 e. The highest BCUT2D eigenvalue weighted by atomic mass is 33.1. The molecular weight excluding hydrogens is 989 g/mol. The normalized spacial score (nSPS) is 14.7. The zero-order valence-corrected chi connectivity index (χ0v) is 41.0. The monoisotopic (exact) mass is 1050 g/mol. The Morgan fingerprint density at radius 3 is 2.07 bits per heavy atom. The molecule has 0 unspecified atom stereocenters. The van der Waals surface area contributed by atoms with Gasteiger partial charge < -0.3 is 67.7 Å². The fourth-order valence-corrected chi connectivity index (χ4v) is 9.05. The molecule has 0 radical (unpaired) electrons. The fraction of sp³-hybridized carbons (Fsp3) is 0.556. The van der Waals surface area contributed by atoms with Crippen LogP contribution in [0.3, 0.4) is 0 Å². The van der Waals surface area contributed by atoms with Crippen molar-refractivity contribution in [1.29, 1.82) is 0 Å². The molecule has 2 amide bonds. The molecular formula is C45H62N8O17S2. The lowest BCUT2D eigenvalue weighted by atomic mass is 9.93. The van der Waals surface area contributed by atoms with Crippen LogP contribution in [0.15, 0.2) is 30.5 Å². The van der Waals surface area contributed by atoms with Crippen molar-refractivity contribution >= 4 is 91.8 Å². The number of benzene rings is 1. The summed E-state index contributed by atoms with van der Waals surface area (Å²) in [6, 6.07) is 5.27. The van der Waals surface area contributed by atoms with Crippen LogP contribution in [-0.4, -0.2) is 170 Å². The Morgan fingerprint density at radius 1 is 0.764 bits per heavy atom. The first kappa shape index (κ1) is 60.2. The number of nitrogens with one attached hydrogen (secondary N) is 2. The van der Waals surface area contributed by atoms with E-state index in [2.05, 4.69) is 30.6 Å². The van der Waals surface area contributed by atoms with Gasteiger partial charge >= 0.3 is 23.9 Å². The number of ether oxygens (including phenoxy) is 1. The van der Waals surface area contributed by atoms with Crippen molar-refractivity contribution in [2.45, 2.75) is 108 Å². The lowest BCUT2D eigenvalue weighted by Gasteiger charge is -2.26. The molecule has 0 saturated heterocycles. The van der Waals surface area contributed by atoms with Crippen LogP contribution >= 0.6 is 21.6 Å². The number of hydrogen-bond acceptors (Lipinski definition) is 22. The van der Waals surface area contributed by atoms with Crippen LogP contribution in [0.4, 0.5) is 11.8 Å². The predicted molar refractivity (Wildman–Crippen MR) is 260 cm³/mol. The largest absolute Gasteiger partial charge is 0.481 e. The number of carboxylic acid groups (broad SMARTS) is 3. The third kappa shape index (κ3) is 20.6. The molecule has 3 rings (SSSR count). The lowest BCUT2D eigenvalue weighted by Crippen LogP contribution is -2.50. The summed E-state index contributed by atoms with van der Waals surface area (Å²) in [4.78, 5) is 117. The fourth-order valence-electron chi connectivity index (χ4n) is 6.92. The maximum absolute atomic E-state index is 13.5. The van der Waals surface area contributed by atoms with Crippen molar-refractivity contribution in [3.63, 3.8) is 0 Å². The molecule has 0 aliphatic carbocycles. The maximum atomic E-state index is 13.5. The van der Waals surface area contributed by atoms with Crippen molar-refractivity contribution in [1.82, 2.24) is 30.6 Å². The van der Waals surface area contributed by atoms with E-state index in [0.29, 0.717) is 29.6 Å². The topological polar surface area (TPSA) is 435 Å². The van der Waals surface area contributed by atoms with Gasteiger partial charge in [0, 0.05) is 61.6 Å². The number of carbonyl (C=O) groups is 8. The molecule has 0 aliphatic rings. The Morgan fingerprint density at radius 2 is 1.43 bits per heavy atom. The Hall–Kier alpha value is -6.10. The molecule has 0 fully saturated rings. The number of carboxylic acids is 3. The van der Waals surface area contributed by atoms with Gasteiger partial charge in [-0.1, -0.05) is 52.8 Å². The number of nitrogens with zero attached hydrogens (tertiary/aromatic N) is 4. The van der Waals surface area contributed by atoms with Gasteiger partial charge in [-0.2, -0.15) is 9.97 Å². The van der Waals surface area contributed by atoms with Crippen LogP contribution in [0.1, 0.15) is 86.3 Å². The molecule has 2 heterocycles. The van der Waals surface area contributed by atoms with Gasteiger partial charge in [-0.15, -0.1) is 0 Å². The van der Waals surface area contributed by atoms with Crippen molar-refractivity contribution in [2.75, 3.05) is 42.7 Å². The number of hydrogen-bond donors (Lipinski definition) is 12. The van der Waals surface area contributed by atoms with E-state index in [1.165, 1.54) is 0 Å². The van der Waals surface area contributed by atoms with Crippen LogP contribution in [0, 0.1) is 17.8 Å². The molecule has 8 atom stereocenters. The molecule has 14 N–H and O–H groups in total. The highest BCUT2D eigenvalue weighted by Gasteiger charge is 2.32. The third-order valence-corrected chi connectivity index (χ3v) is 13.7. The summed E-state index contributed by atoms with van der Waals surface area (Å²) in [6.07, 6.45) is -7.27. The molecule has 25 nitrogen and oxygen atoms in total. The summed E-state index contributed by atoms with van der Waals surface area (Å²) in [5.74, 6) is -10.2. The van der Waals surface area contributed by atoms with Crippen LogP contribution in [0.25, 0.3) is 11.2 Å². The second-order valence-electron chi connectivity index (χ2n) is 16.7. The van der Waals surface area contributed by atoms with Gasteiger partial charge in [-0.05, 0) is 44.1 Å². The van der Waals surface area contributed by atoms with Crippen molar-refractivity contribution in [3.05, 3.63) is 47.3 Å². The second-order valence-corrected chi connectivity index (χ2v) is 19.3. The van der Waals surface area contributed by atoms with Crippen molar-refractivity contribution in [3.8, 4) is 0 Å². The number of nitrogens with two attached hydrogens (primary N) is 2. The molecule has 396 valence electrons. The van der Waals surface area contributed by atoms with Gasteiger partial charge in [0.1, 0.15) is 24.9 Å². The highest BCUT2D eigenvalue weighted by molar-refractivity contribution is 8.76. The number of Topliss-reactive ketones (excluding diaryl/α,β-unsaturated/α-hetero) is 2. The highest BCUT2D eigenvalue weighted by Crippen LogP contribution is 2.27. The summed E-state index contributed by atoms with van der Waals surface area (Å²) in [5, 5.41) is 82.0. The van der Waals surface area contributed by atoms with Gasteiger partial charge in [0.2, 0.25) is 17.8 Å². The van der Waals surface area contributed by atoms with Gasteiger partial charge in [0.15, 0.2) is 28.5 Å². The molecule has 0 aliphatic heterocycles. The molecule has 0 spiro atoms. The van der Waals surface area contributed by atoms with Crippen LogP contribution in [0.2, 0.25) is 0 Å². The molecule has 0 saturated carbocycles. The van der Waals surface area contributed by atoms with E-state index in [9.17, 15) is 69.0 Å². The summed E-state index contributed by atoms with van der Waals surface area (Å²) in [7, 11) is 2.18. The Balaban J connectivity index is 1.45. The first-order chi connectivity index (χ1) is 34.1. The minimum absolute atomic E-state index is 0.0148. The standard InChI is InChI=1S/C45H62N8O17S2/c1-2-24(8-13-35(60)61)42(65)51-29(11-12-34(59)48-20-32(57)38(63)39(64)33(58)21-54)31(56)18-27(44(68)69)22-72-71-16-15-70-36(62)14-9-26(43(66)67)17-30(55)25-6-3-23(4-7-25)5-10-28-19-49-41-37(50-28)40(46)52-45(47)53-41/h3-4,6-7,19,24,26-27,29,32-33,38-39,54,57-58,63-64H,2,5,8-18,20-22H2,1H3,(H,48,59)(H,51,65)(H,60,61)(H,66,67)(H,68,69)(H4,46,47,49,52,53)/t24-,26+,27-,29-,32-,33+,38+,39+/m0/s1. The first-order valence-corrected chi connectivity index (χ1v) is 25.3.